The van der Waals surface area contributed by atoms with Crippen molar-refractivity contribution in [2.24, 2.45) is 5.41 Å². The minimum atomic E-state index is -0.297. The second kappa shape index (κ2) is 14.3. The van der Waals surface area contributed by atoms with Gasteiger partial charge in [0.25, 0.3) is 0 Å². The van der Waals surface area contributed by atoms with Crippen molar-refractivity contribution >= 4 is 0 Å². The molecule has 6 heteroatoms. The van der Waals surface area contributed by atoms with Crippen LogP contribution >= 0.6 is 0 Å². The molecular formula is C16H25N3O3. The highest BCUT2D eigenvalue weighted by atomic mass is 16.5. The molecule has 0 spiro atoms. The molecule has 0 radical (unpaired) electrons. The molecule has 0 aliphatic rings. The van der Waals surface area contributed by atoms with Gasteiger partial charge in [0.2, 0.25) is 0 Å². The van der Waals surface area contributed by atoms with E-state index < -0.39 is 0 Å². The van der Waals surface area contributed by atoms with Crippen LogP contribution < -0.4 is 0 Å². The van der Waals surface area contributed by atoms with Gasteiger partial charge in [-0.2, -0.15) is 15.8 Å². The van der Waals surface area contributed by atoms with Crippen LogP contribution in [-0.2, 0) is 14.2 Å². The van der Waals surface area contributed by atoms with Crippen molar-refractivity contribution in [2.45, 2.75) is 39.0 Å². The largest absolute Gasteiger partial charge is 0.380 e. The fourth-order valence-corrected chi connectivity index (χ4v) is 2.09. The summed E-state index contributed by atoms with van der Waals surface area (Å²) in [6.45, 7) is 4.58. The molecule has 0 heterocycles. The zero-order valence-electron chi connectivity index (χ0n) is 13.3. The number of hydrogen-bond acceptors (Lipinski definition) is 6. The molecular weight excluding hydrogens is 282 g/mol. The first-order valence-electron chi connectivity index (χ1n) is 7.58. The van der Waals surface area contributed by atoms with Crippen LogP contribution in [0.25, 0.3) is 0 Å². The molecule has 0 saturated carbocycles. The Morgan fingerprint density at radius 2 is 1.09 bits per heavy atom. The molecule has 0 aromatic heterocycles. The molecule has 0 N–H and O–H groups in total. The molecule has 0 aromatic rings. The van der Waals surface area contributed by atoms with Gasteiger partial charge in [0, 0.05) is 5.41 Å². The van der Waals surface area contributed by atoms with Crippen LogP contribution in [0.4, 0.5) is 0 Å². The van der Waals surface area contributed by atoms with E-state index in [1.807, 2.05) is 18.2 Å². The van der Waals surface area contributed by atoms with E-state index in [0.717, 1.165) is 12.8 Å². The van der Waals surface area contributed by atoms with Crippen molar-refractivity contribution in [1.29, 1.82) is 15.8 Å². The van der Waals surface area contributed by atoms with Crippen LogP contribution in [0.5, 0.6) is 0 Å². The van der Waals surface area contributed by atoms with Gasteiger partial charge in [-0.05, 0) is 6.42 Å². The first-order valence-corrected chi connectivity index (χ1v) is 7.58. The summed E-state index contributed by atoms with van der Waals surface area (Å²) < 4.78 is 16.8. The van der Waals surface area contributed by atoms with Crippen LogP contribution in [0.15, 0.2) is 0 Å². The Kier molecular flexibility index (Phi) is 13.2. The lowest BCUT2D eigenvalue weighted by atomic mass is 9.86. The van der Waals surface area contributed by atoms with Gasteiger partial charge < -0.3 is 14.2 Å². The van der Waals surface area contributed by atoms with Gasteiger partial charge in [-0.3, -0.25) is 0 Å². The summed E-state index contributed by atoms with van der Waals surface area (Å²) in [7, 11) is 0. The quantitative estimate of drug-likeness (QED) is 0.457. The van der Waals surface area contributed by atoms with Gasteiger partial charge in [-0.15, -0.1) is 0 Å². The zero-order valence-corrected chi connectivity index (χ0v) is 13.3. The van der Waals surface area contributed by atoms with Crippen molar-refractivity contribution in [3.63, 3.8) is 0 Å². The maximum absolute atomic E-state index is 8.56. The normalized spacial score (nSPS) is 10.6. The number of hydrogen-bond donors (Lipinski definition) is 0. The summed E-state index contributed by atoms with van der Waals surface area (Å²) in [6, 6.07) is 6.14. The lowest BCUT2D eigenvalue weighted by Gasteiger charge is -2.32. The minimum absolute atomic E-state index is 0.297. The highest BCUT2D eigenvalue weighted by Gasteiger charge is 2.30. The molecule has 0 aromatic carbocycles. The van der Waals surface area contributed by atoms with Crippen LogP contribution in [0.1, 0.15) is 39.0 Å². The number of ether oxygens (including phenoxy) is 3. The van der Waals surface area contributed by atoms with Crippen molar-refractivity contribution < 1.29 is 14.2 Å². The lowest BCUT2D eigenvalue weighted by Crippen LogP contribution is -2.37. The molecule has 0 aliphatic carbocycles. The molecule has 0 amide bonds. The van der Waals surface area contributed by atoms with E-state index in [-0.39, 0.29) is 5.41 Å². The molecule has 0 bridgehead atoms. The Morgan fingerprint density at radius 3 is 1.36 bits per heavy atom. The van der Waals surface area contributed by atoms with Crippen molar-refractivity contribution in [3.05, 3.63) is 0 Å². The zero-order chi connectivity index (χ0) is 16.5. The average molecular weight is 307 g/mol. The molecule has 0 rings (SSSR count). The van der Waals surface area contributed by atoms with E-state index in [2.05, 4.69) is 6.92 Å². The predicted molar refractivity (Wildman–Crippen MR) is 80.5 cm³/mol. The SMILES string of the molecule is CCCC(COCCC#N)(COCCC#N)COCCC#N. The van der Waals surface area contributed by atoms with Crippen molar-refractivity contribution in [3.8, 4) is 18.2 Å². The third kappa shape index (κ3) is 10.1. The Bertz CT molecular complexity index is 338. The number of nitrogens with zero attached hydrogens (tertiary/aromatic N) is 3. The third-order valence-corrected chi connectivity index (χ3v) is 3.08. The van der Waals surface area contributed by atoms with Crippen LogP contribution in [0.2, 0.25) is 0 Å². The predicted octanol–water partition coefficient (Wildman–Crippen LogP) is 2.56. The average Bonchev–Trinajstić information content (AvgIpc) is 2.53. The van der Waals surface area contributed by atoms with Crippen LogP contribution in [0.3, 0.4) is 0 Å². The van der Waals surface area contributed by atoms with Gasteiger partial charge in [-0.25, -0.2) is 0 Å². The second-order valence-electron chi connectivity index (χ2n) is 5.13. The summed E-state index contributed by atoms with van der Waals surface area (Å²) in [5, 5.41) is 25.7. The minimum Gasteiger partial charge on any atom is -0.380 e. The monoisotopic (exact) mass is 307 g/mol. The lowest BCUT2D eigenvalue weighted by molar-refractivity contribution is -0.0719. The molecule has 6 nitrogen and oxygen atoms in total. The molecule has 22 heavy (non-hydrogen) atoms. The first kappa shape index (κ1) is 20.3. The molecule has 0 saturated heterocycles. The molecule has 0 aliphatic heterocycles. The van der Waals surface area contributed by atoms with E-state index in [1.165, 1.54) is 0 Å². The third-order valence-electron chi connectivity index (χ3n) is 3.08. The summed E-state index contributed by atoms with van der Waals surface area (Å²) in [5.74, 6) is 0. The van der Waals surface area contributed by atoms with Gasteiger partial charge >= 0.3 is 0 Å². The Hall–Kier alpha value is -1.65. The van der Waals surface area contributed by atoms with E-state index in [9.17, 15) is 0 Å². The summed E-state index contributed by atoms with van der Waals surface area (Å²) in [4.78, 5) is 0. The Labute approximate surface area is 133 Å². The summed E-state index contributed by atoms with van der Waals surface area (Å²) in [5.41, 5.74) is -0.297. The Balaban J connectivity index is 4.51. The Morgan fingerprint density at radius 1 is 0.727 bits per heavy atom. The number of nitriles is 3. The molecule has 0 fully saturated rings. The van der Waals surface area contributed by atoms with Gasteiger partial charge in [0.05, 0.1) is 77.1 Å². The van der Waals surface area contributed by atoms with E-state index in [1.54, 1.807) is 0 Å². The van der Waals surface area contributed by atoms with Crippen LogP contribution in [-0.4, -0.2) is 39.6 Å². The maximum Gasteiger partial charge on any atom is 0.0645 e. The summed E-state index contributed by atoms with van der Waals surface area (Å²) in [6.07, 6.45) is 2.87. The smallest absolute Gasteiger partial charge is 0.0645 e. The fourth-order valence-electron chi connectivity index (χ4n) is 2.09. The molecule has 0 unspecified atom stereocenters. The van der Waals surface area contributed by atoms with Crippen molar-refractivity contribution in [2.75, 3.05) is 39.6 Å². The summed E-state index contributed by atoms with van der Waals surface area (Å²) >= 11 is 0. The van der Waals surface area contributed by atoms with Crippen LogP contribution in [0, 0.1) is 39.4 Å². The van der Waals surface area contributed by atoms with Gasteiger partial charge in [0.1, 0.15) is 0 Å². The highest BCUT2D eigenvalue weighted by molar-refractivity contribution is 4.80. The second-order valence-corrected chi connectivity index (χ2v) is 5.13. The van der Waals surface area contributed by atoms with Crippen molar-refractivity contribution in [1.82, 2.24) is 0 Å². The molecule has 0 atom stereocenters. The van der Waals surface area contributed by atoms with E-state index in [0.29, 0.717) is 58.9 Å². The van der Waals surface area contributed by atoms with Gasteiger partial charge in [0.15, 0.2) is 0 Å². The standard InChI is InChI=1S/C16H25N3O3/c1-2-6-16(13-20-10-3-7-17,14-21-11-4-8-18)15-22-12-5-9-19/h2-6,10-15H2,1H3. The topological polar surface area (TPSA) is 99.1 Å². The molecule has 122 valence electrons. The van der Waals surface area contributed by atoms with Gasteiger partial charge in [-0.1, -0.05) is 13.3 Å². The number of rotatable bonds is 14. The first-order chi connectivity index (χ1) is 10.7. The van der Waals surface area contributed by atoms with E-state index in [4.69, 9.17) is 30.0 Å². The highest BCUT2D eigenvalue weighted by Crippen LogP contribution is 2.26. The fraction of sp³-hybridized carbons (Fsp3) is 0.812. The van der Waals surface area contributed by atoms with E-state index >= 15 is 0 Å². The maximum atomic E-state index is 8.56.